The van der Waals surface area contributed by atoms with E-state index >= 15 is 0 Å². The second kappa shape index (κ2) is 14.6. The number of carbonyl (C=O) groups is 1. The number of benzene rings is 3. The van der Waals surface area contributed by atoms with E-state index in [1.165, 1.54) is 18.2 Å². The van der Waals surface area contributed by atoms with Gasteiger partial charge in [-0.25, -0.2) is 25.3 Å². The molecule has 0 heterocycles. The molecule has 3 rings (SSSR count). The molecular formula is C19H9Cl2Na3O11S3. The van der Waals surface area contributed by atoms with E-state index in [2.05, 4.69) is 0 Å². The Morgan fingerprint density at radius 3 is 1.66 bits per heavy atom. The number of rotatable bonds is 7. The Morgan fingerprint density at radius 2 is 1.16 bits per heavy atom. The molecule has 0 aliphatic heterocycles. The van der Waals surface area contributed by atoms with Crippen LogP contribution in [0.3, 0.4) is 0 Å². The van der Waals surface area contributed by atoms with Crippen molar-refractivity contribution in [3.8, 4) is 11.5 Å². The Bertz CT molecular complexity index is 1700. The quantitative estimate of drug-likeness (QED) is 0.134. The molecule has 0 amide bonds. The third-order valence-corrected chi connectivity index (χ3v) is 7.45. The molecule has 0 aliphatic rings. The van der Waals surface area contributed by atoms with Crippen LogP contribution in [-0.2, 0) is 30.4 Å². The third-order valence-electron chi connectivity index (χ3n) is 4.34. The van der Waals surface area contributed by atoms with Crippen LogP contribution in [0.25, 0.3) is 0 Å². The van der Waals surface area contributed by atoms with E-state index in [0.717, 1.165) is 12.1 Å². The molecule has 0 aromatic heterocycles. The molecule has 0 atom stereocenters. The second-order valence-electron chi connectivity index (χ2n) is 6.69. The predicted molar refractivity (Wildman–Crippen MR) is 117 cm³/mol. The number of halogens is 2. The molecule has 0 saturated heterocycles. The maximum atomic E-state index is 12.8. The molecule has 19 heteroatoms. The van der Waals surface area contributed by atoms with Gasteiger partial charge in [-0.15, -0.1) is 0 Å². The van der Waals surface area contributed by atoms with Crippen LogP contribution < -0.4 is 93.4 Å². The molecule has 0 saturated carbocycles. The van der Waals surface area contributed by atoms with E-state index in [-0.39, 0.29) is 116 Å². The molecule has 0 spiro atoms. The number of hydrogen-bond acceptors (Lipinski definition) is 11. The molecule has 3 aromatic rings. The van der Waals surface area contributed by atoms with Gasteiger partial charge >= 0.3 is 88.7 Å². The molecule has 11 nitrogen and oxygen atoms in total. The fourth-order valence-corrected chi connectivity index (χ4v) is 5.00. The van der Waals surface area contributed by atoms with E-state index in [1.54, 1.807) is 0 Å². The van der Waals surface area contributed by atoms with Crippen molar-refractivity contribution in [1.29, 1.82) is 0 Å². The van der Waals surface area contributed by atoms with Crippen molar-refractivity contribution in [2.75, 3.05) is 0 Å². The monoisotopic (exact) mass is 648 g/mol. The number of carbonyl (C=O) groups excluding carboxylic acids is 1. The van der Waals surface area contributed by atoms with Gasteiger partial charge in [0.2, 0.25) is 0 Å². The van der Waals surface area contributed by atoms with Gasteiger partial charge in [-0.2, -0.15) is 0 Å². The predicted octanol–water partition coefficient (Wildman–Crippen LogP) is -6.26. The normalized spacial score (nSPS) is 11.4. The van der Waals surface area contributed by atoms with Gasteiger partial charge < -0.3 is 18.4 Å². The fourth-order valence-electron chi connectivity index (χ4n) is 2.80. The summed E-state index contributed by atoms with van der Waals surface area (Å²) in [5, 5.41) is 0.120. The first-order chi connectivity index (χ1) is 16.0. The van der Waals surface area contributed by atoms with E-state index in [1.807, 2.05) is 0 Å². The third kappa shape index (κ3) is 9.49. The van der Waals surface area contributed by atoms with Gasteiger partial charge in [0.1, 0.15) is 41.9 Å². The second-order valence-corrected chi connectivity index (χ2v) is 11.6. The minimum absolute atomic E-state index is 0. The van der Waals surface area contributed by atoms with Crippen LogP contribution in [0.4, 0.5) is 0 Å². The van der Waals surface area contributed by atoms with Crippen molar-refractivity contribution < 1.29 is 137 Å². The van der Waals surface area contributed by atoms with Gasteiger partial charge in [0.15, 0.2) is 5.78 Å². The molecule has 0 N–H and O–H groups in total. The van der Waals surface area contributed by atoms with Gasteiger partial charge in [-0.05, 0) is 54.6 Å². The van der Waals surface area contributed by atoms with Gasteiger partial charge in [0.05, 0.1) is 19.7 Å². The summed E-state index contributed by atoms with van der Waals surface area (Å²) in [7, 11) is -16.0. The summed E-state index contributed by atoms with van der Waals surface area (Å²) in [5.41, 5.74) is -0.448. The molecule has 3 aromatic carbocycles. The van der Waals surface area contributed by atoms with Crippen LogP contribution in [0.1, 0.15) is 15.9 Å². The summed E-state index contributed by atoms with van der Waals surface area (Å²) in [4.78, 5) is 9.30. The van der Waals surface area contributed by atoms with Crippen molar-refractivity contribution in [3.05, 3.63) is 75.8 Å². The first-order valence-corrected chi connectivity index (χ1v) is 13.8. The maximum absolute atomic E-state index is 12.8. The standard InChI is InChI=1S/C19H12Cl2O11S3.3Na/c20-11-2-4-14(21)13(8-11)19(22)10-1-5-15(17(7-10)34(26,27)28)32-16-6-3-12(33(23,24)25)9-18(16)35(29,30)31;;;/h1-9H,(H,23,24,25)(H,26,27,28)(H,29,30,31);;;/q;3*+1/p-3. The number of ketones is 1. The van der Waals surface area contributed by atoms with Gasteiger partial charge in [0.25, 0.3) is 0 Å². The molecule has 0 bridgehead atoms. The molecular weight excluding hydrogens is 640 g/mol. The molecule has 0 radical (unpaired) electrons. The van der Waals surface area contributed by atoms with Crippen molar-refractivity contribution in [3.63, 3.8) is 0 Å². The van der Waals surface area contributed by atoms with Gasteiger partial charge in [-0.1, -0.05) is 23.2 Å². The van der Waals surface area contributed by atoms with E-state index in [9.17, 15) is 43.7 Å². The van der Waals surface area contributed by atoms with Gasteiger partial charge in [-0.3, -0.25) is 4.79 Å². The average molecular weight is 649 g/mol. The zero-order valence-electron chi connectivity index (χ0n) is 19.7. The van der Waals surface area contributed by atoms with E-state index in [4.69, 9.17) is 27.9 Å². The summed E-state index contributed by atoms with van der Waals surface area (Å²) >= 11 is 11.8. The summed E-state index contributed by atoms with van der Waals surface area (Å²) in [6, 6.07) is 7.86. The van der Waals surface area contributed by atoms with Gasteiger partial charge in [0, 0.05) is 16.1 Å². The molecule has 186 valence electrons. The Labute approximate surface area is 294 Å². The van der Waals surface area contributed by atoms with Crippen molar-refractivity contribution in [2.24, 2.45) is 0 Å². The first kappa shape index (κ1) is 38.4. The minimum Gasteiger partial charge on any atom is -0.744 e. The van der Waals surface area contributed by atoms with Crippen LogP contribution >= 0.6 is 23.2 Å². The maximum Gasteiger partial charge on any atom is 1.00 e. The van der Waals surface area contributed by atoms with Crippen LogP contribution in [0.15, 0.2) is 69.3 Å². The molecule has 0 unspecified atom stereocenters. The smallest absolute Gasteiger partial charge is 0.744 e. The number of ether oxygens (including phenoxy) is 1. The molecule has 0 fully saturated rings. The Morgan fingerprint density at radius 1 is 0.658 bits per heavy atom. The Kier molecular flexibility index (Phi) is 14.7. The van der Waals surface area contributed by atoms with Crippen molar-refractivity contribution in [2.45, 2.75) is 14.7 Å². The fraction of sp³-hybridized carbons (Fsp3) is 0. The van der Waals surface area contributed by atoms with Crippen LogP contribution in [0.5, 0.6) is 11.5 Å². The summed E-state index contributed by atoms with van der Waals surface area (Å²) < 4.78 is 109. The summed E-state index contributed by atoms with van der Waals surface area (Å²) in [5.74, 6) is -2.49. The Hall–Kier alpha value is 0.440. The zero-order valence-corrected chi connectivity index (χ0v) is 29.6. The Balaban J connectivity index is 0.00000456. The van der Waals surface area contributed by atoms with Crippen LogP contribution in [0, 0.1) is 0 Å². The van der Waals surface area contributed by atoms with Crippen molar-refractivity contribution in [1.82, 2.24) is 0 Å². The summed E-state index contributed by atoms with van der Waals surface area (Å²) in [6.07, 6.45) is 0. The topological polar surface area (TPSA) is 198 Å². The zero-order chi connectivity index (χ0) is 26.3. The van der Waals surface area contributed by atoms with Crippen molar-refractivity contribution >= 4 is 59.3 Å². The average Bonchev–Trinajstić information content (AvgIpc) is 2.73. The molecule has 38 heavy (non-hydrogen) atoms. The summed E-state index contributed by atoms with van der Waals surface area (Å²) in [6.45, 7) is 0. The van der Waals surface area contributed by atoms with Crippen LogP contribution in [0.2, 0.25) is 10.0 Å². The van der Waals surface area contributed by atoms with Crippen LogP contribution in [-0.4, -0.2) is 44.7 Å². The van der Waals surface area contributed by atoms with E-state index in [0.29, 0.717) is 18.2 Å². The first-order valence-electron chi connectivity index (χ1n) is 8.82. The van der Waals surface area contributed by atoms with E-state index < -0.39 is 62.3 Å². The number of hydrogen-bond donors (Lipinski definition) is 0. The SMILES string of the molecule is O=C(c1ccc(Oc2ccc(S(=O)(=O)[O-])cc2S(=O)(=O)[O-])c(S(=O)(=O)[O-])c1)c1cc(Cl)ccc1Cl.[Na+].[Na+].[Na+]. The minimum atomic E-state index is -5.44. The molecule has 0 aliphatic carbocycles. The largest absolute Gasteiger partial charge is 1.00 e.